The van der Waals surface area contributed by atoms with E-state index in [2.05, 4.69) is 9.71 Å². The lowest BCUT2D eigenvalue weighted by Crippen LogP contribution is -2.25. The minimum absolute atomic E-state index is 0.00101. The Morgan fingerprint density at radius 1 is 1.45 bits per heavy atom. The largest absolute Gasteiger partial charge is 0.478 e. The third-order valence-electron chi connectivity index (χ3n) is 2.52. The second-order valence-electron chi connectivity index (χ2n) is 3.97. The van der Waals surface area contributed by atoms with E-state index in [1.807, 2.05) is 6.07 Å². The molecule has 0 fully saturated rings. The molecule has 0 aliphatic carbocycles. The van der Waals surface area contributed by atoms with Gasteiger partial charge < -0.3 is 5.11 Å². The van der Waals surface area contributed by atoms with Gasteiger partial charge in [-0.15, -0.1) is 11.3 Å². The van der Waals surface area contributed by atoms with Crippen molar-refractivity contribution < 1.29 is 18.3 Å². The number of hydrogen-bond donors (Lipinski definition) is 2. The Labute approximate surface area is 120 Å². The Bertz CT molecular complexity index is 695. The highest BCUT2D eigenvalue weighted by Crippen LogP contribution is 2.19. The van der Waals surface area contributed by atoms with E-state index < -0.39 is 16.0 Å². The highest BCUT2D eigenvalue weighted by Gasteiger charge is 2.18. The summed E-state index contributed by atoms with van der Waals surface area (Å²) in [6, 6.07) is 4.79. The van der Waals surface area contributed by atoms with Crippen LogP contribution in [0.2, 0.25) is 0 Å². The van der Waals surface area contributed by atoms with Gasteiger partial charge in [0.1, 0.15) is 4.21 Å². The number of nitrogens with zero attached hydrogens (tertiary/aromatic N) is 1. The van der Waals surface area contributed by atoms with E-state index in [1.54, 1.807) is 18.5 Å². The van der Waals surface area contributed by atoms with Crippen molar-refractivity contribution in [3.8, 4) is 0 Å². The van der Waals surface area contributed by atoms with Crippen LogP contribution in [-0.2, 0) is 16.4 Å². The molecular weight excluding hydrogens is 300 g/mol. The van der Waals surface area contributed by atoms with Crippen LogP contribution in [0.25, 0.3) is 0 Å². The maximum atomic E-state index is 11.9. The Morgan fingerprint density at radius 3 is 2.85 bits per heavy atom. The highest BCUT2D eigenvalue weighted by atomic mass is 32.2. The van der Waals surface area contributed by atoms with E-state index >= 15 is 0 Å². The molecule has 20 heavy (non-hydrogen) atoms. The highest BCUT2D eigenvalue weighted by molar-refractivity contribution is 7.91. The topological polar surface area (TPSA) is 96.4 Å². The van der Waals surface area contributed by atoms with Gasteiger partial charge in [-0.05, 0) is 24.1 Å². The molecule has 2 aromatic heterocycles. The maximum Gasteiger partial charge on any atom is 0.336 e. The summed E-state index contributed by atoms with van der Waals surface area (Å²) in [6.45, 7) is 0.230. The molecule has 2 aromatic rings. The molecule has 0 atom stereocenters. The lowest BCUT2D eigenvalue weighted by atomic mass is 10.2. The van der Waals surface area contributed by atoms with E-state index in [9.17, 15) is 13.2 Å². The molecule has 2 rings (SSSR count). The molecular formula is C12H12N2O4S2. The summed E-state index contributed by atoms with van der Waals surface area (Å²) in [4.78, 5) is 14.7. The number of carboxylic acids is 1. The van der Waals surface area contributed by atoms with Crippen LogP contribution < -0.4 is 4.72 Å². The molecule has 0 saturated carbocycles. The van der Waals surface area contributed by atoms with Crippen molar-refractivity contribution in [3.63, 3.8) is 0 Å². The van der Waals surface area contributed by atoms with Crippen molar-refractivity contribution >= 4 is 27.3 Å². The maximum absolute atomic E-state index is 11.9. The number of aromatic nitrogens is 1. The van der Waals surface area contributed by atoms with Crippen LogP contribution >= 0.6 is 11.3 Å². The zero-order valence-corrected chi connectivity index (χ0v) is 11.9. The predicted molar refractivity (Wildman–Crippen MR) is 74.4 cm³/mol. The summed E-state index contributed by atoms with van der Waals surface area (Å²) < 4.78 is 26.3. The number of carbonyl (C=O) groups is 1. The molecule has 8 heteroatoms. The first-order valence-corrected chi connectivity index (χ1v) is 8.06. The minimum Gasteiger partial charge on any atom is -0.478 e. The molecule has 0 aromatic carbocycles. The number of rotatable bonds is 6. The molecule has 6 nitrogen and oxygen atoms in total. The Hall–Kier alpha value is -1.77. The van der Waals surface area contributed by atoms with Gasteiger partial charge in [-0.3, -0.25) is 4.98 Å². The van der Waals surface area contributed by atoms with E-state index in [0.29, 0.717) is 6.42 Å². The fourth-order valence-electron chi connectivity index (χ4n) is 1.52. The smallest absolute Gasteiger partial charge is 0.336 e. The van der Waals surface area contributed by atoms with Crippen molar-refractivity contribution in [2.75, 3.05) is 6.54 Å². The molecule has 0 amide bonds. The Kier molecular flexibility index (Phi) is 4.48. The summed E-state index contributed by atoms with van der Waals surface area (Å²) >= 11 is 0.887. The van der Waals surface area contributed by atoms with Gasteiger partial charge in [0.15, 0.2) is 0 Å². The average Bonchev–Trinajstić information content (AvgIpc) is 2.90. The molecule has 0 radical (unpaired) electrons. The lowest BCUT2D eigenvalue weighted by Gasteiger charge is -2.04. The number of hydrogen-bond acceptors (Lipinski definition) is 5. The molecule has 0 spiro atoms. The standard InChI is InChI=1S/C12H12N2O4S2/c15-12(16)10-6-11(19-8-10)20(17,18)14-5-3-9-2-1-4-13-7-9/h1-2,4,6-8,14H,3,5H2,(H,15,16). The second-order valence-corrected chi connectivity index (χ2v) is 6.87. The van der Waals surface area contributed by atoms with Crippen molar-refractivity contribution in [2.45, 2.75) is 10.6 Å². The monoisotopic (exact) mass is 312 g/mol. The van der Waals surface area contributed by atoms with Crippen molar-refractivity contribution in [1.82, 2.24) is 9.71 Å². The molecule has 0 aliphatic heterocycles. The van der Waals surface area contributed by atoms with Crippen LogP contribution in [0.5, 0.6) is 0 Å². The van der Waals surface area contributed by atoms with Gasteiger partial charge in [0.2, 0.25) is 10.0 Å². The van der Waals surface area contributed by atoms with Gasteiger partial charge in [-0.1, -0.05) is 6.07 Å². The second kappa shape index (κ2) is 6.12. The molecule has 0 aliphatic rings. The van der Waals surface area contributed by atoms with Gasteiger partial charge >= 0.3 is 5.97 Å². The van der Waals surface area contributed by atoms with Crippen LogP contribution in [0.1, 0.15) is 15.9 Å². The van der Waals surface area contributed by atoms with Crippen LogP contribution in [0.3, 0.4) is 0 Å². The normalized spacial score (nSPS) is 11.4. The third kappa shape index (κ3) is 3.62. The van der Waals surface area contributed by atoms with Gasteiger partial charge in [0, 0.05) is 24.3 Å². The number of aromatic carboxylic acids is 1. The lowest BCUT2D eigenvalue weighted by molar-refractivity contribution is 0.0697. The number of pyridine rings is 1. The van der Waals surface area contributed by atoms with Gasteiger partial charge in [0.05, 0.1) is 5.56 Å². The zero-order chi connectivity index (χ0) is 14.6. The molecule has 2 heterocycles. The molecule has 0 saturated heterocycles. The fourth-order valence-corrected chi connectivity index (χ4v) is 3.75. The number of thiophene rings is 1. The summed E-state index contributed by atoms with van der Waals surface area (Å²) in [6.07, 6.45) is 3.83. The van der Waals surface area contributed by atoms with E-state index in [-0.39, 0.29) is 16.3 Å². The van der Waals surface area contributed by atoms with Gasteiger partial charge in [-0.25, -0.2) is 17.9 Å². The van der Waals surface area contributed by atoms with Crippen molar-refractivity contribution in [2.24, 2.45) is 0 Å². The molecule has 0 bridgehead atoms. The summed E-state index contributed by atoms with van der Waals surface area (Å²) in [7, 11) is -3.66. The molecule has 0 unspecified atom stereocenters. The van der Waals surface area contributed by atoms with Crippen molar-refractivity contribution in [1.29, 1.82) is 0 Å². The van der Waals surface area contributed by atoms with E-state index in [0.717, 1.165) is 23.0 Å². The Morgan fingerprint density at radius 2 is 2.25 bits per heavy atom. The van der Waals surface area contributed by atoms with Crippen molar-refractivity contribution in [3.05, 3.63) is 47.1 Å². The number of carboxylic acid groups (broad SMARTS) is 1. The SMILES string of the molecule is O=C(O)c1csc(S(=O)(=O)NCCc2cccnc2)c1. The van der Waals surface area contributed by atoms with E-state index in [4.69, 9.17) is 5.11 Å². The summed E-state index contributed by atoms with van der Waals surface area (Å²) in [5.74, 6) is -1.14. The summed E-state index contributed by atoms with van der Waals surface area (Å²) in [5, 5.41) is 10.1. The average molecular weight is 312 g/mol. The quantitative estimate of drug-likeness (QED) is 0.839. The number of sulfonamides is 1. The van der Waals surface area contributed by atoms with Gasteiger partial charge in [0.25, 0.3) is 0 Å². The first-order valence-electron chi connectivity index (χ1n) is 5.69. The van der Waals surface area contributed by atoms with Gasteiger partial charge in [-0.2, -0.15) is 0 Å². The van der Waals surface area contributed by atoms with Crippen LogP contribution in [0, 0.1) is 0 Å². The summed E-state index contributed by atoms with van der Waals surface area (Å²) in [5.41, 5.74) is 0.898. The minimum atomic E-state index is -3.66. The predicted octanol–water partition coefficient (Wildman–Crippen LogP) is 1.36. The molecule has 106 valence electrons. The fraction of sp³-hybridized carbons (Fsp3) is 0.167. The van der Waals surface area contributed by atoms with Crippen LogP contribution in [-0.4, -0.2) is 31.0 Å². The third-order valence-corrected chi connectivity index (χ3v) is 5.42. The van der Waals surface area contributed by atoms with Crippen LogP contribution in [0.4, 0.5) is 0 Å². The van der Waals surface area contributed by atoms with Crippen LogP contribution in [0.15, 0.2) is 40.2 Å². The first kappa shape index (κ1) is 14.6. The van der Waals surface area contributed by atoms with E-state index in [1.165, 1.54) is 5.38 Å². The number of nitrogens with one attached hydrogen (secondary N) is 1. The Balaban J connectivity index is 1.98. The molecule has 2 N–H and O–H groups in total. The zero-order valence-electron chi connectivity index (χ0n) is 10.3. The first-order chi connectivity index (χ1) is 9.49.